The zero-order valence-corrected chi connectivity index (χ0v) is 10.2. The van der Waals surface area contributed by atoms with Crippen molar-refractivity contribution in [1.82, 2.24) is 4.98 Å². The summed E-state index contributed by atoms with van der Waals surface area (Å²) in [5.74, 6) is 5.54. The van der Waals surface area contributed by atoms with Crippen LogP contribution in [-0.4, -0.2) is 29.1 Å². The molecule has 3 N–H and O–H groups in total. The van der Waals surface area contributed by atoms with Crippen molar-refractivity contribution in [3.63, 3.8) is 0 Å². The number of pyridine rings is 1. The highest BCUT2D eigenvalue weighted by atomic mass is 32.2. The summed E-state index contributed by atoms with van der Waals surface area (Å²) in [6, 6.07) is 0.984. The second-order valence-electron chi connectivity index (χ2n) is 3.89. The molecule has 0 radical (unpaired) electrons. The lowest BCUT2D eigenvalue weighted by molar-refractivity contribution is 0.562. The largest absolute Gasteiger partial charge is 0.350 e. The molecule has 0 amide bonds. The number of rotatable bonds is 2. The van der Waals surface area contributed by atoms with E-state index in [2.05, 4.69) is 10.4 Å². The van der Waals surface area contributed by atoms with E-state index >= 15 is 0 Å². The number of hydrogen-bond donors (Lipinski definition) is 2. The third-order valence-electron chi connectivity index (χ3n) is 2.69. The Morgan fingerprint density at radius 2 is 2.29 bits per heavy atom. The molecule has 0 bridgehead atoms. The number of nitrogens with one attached hydrogen (secondary N) is 1. The molecule has 1 aromatic rings. The van der Waals surface area contributed by atoms with Crippen LogP contribution in [0, 0.1) is 11.6 Å². The van der Waals surface area contributed by atoms with Crippen molar-refractivity contribution in [3.05, 3.63) is 17.7 Å². The molecule has 1 aliphatic heterocycles. The number of halogens is 2. The van der Waals surface area contributed by atoms with Crippen LogP contribution in [0.25, 0.3) is 0 Å². The average molecular weight is 260 g/mol. The van der Waals surface area contributed by atoms with Gasteiger partial charge in [-0.3, -0.25) is 0 Å². The highest BCUT2D eigenvalue weighted by Crippen LogP contribution is 2.27. The fraction of sp³-hybridized carbons (Fsp3) is 0.500. The third kappa shape index (κ3) is 2.44. The van der Waals surface area contributed by atoms with Crippen molar-refractivity contribution in [2.24, 2.45) is 5.84 Å². The van der Waals surface area contributed by atoms with E-state index in [1.165, 1.54) is 0 Å². The summed E-state index contributed by atoms with van der Waals surface area (Å²) in [5.41, 5.74) is 2.13. The SMILES string of the molecule is CC1CSCCN1c1nc(NN)c(F)cc1F. The molecule has 0 aliphatic carbocycles. The molecule has 1 fully saturated rings. The summed E-state index contributed by atoms with van der Waals surface area (Å²) in [6.45, 7) is 2.69. The molecule has 0 saturated carbocycles. The molecule has 4 nitrogen and oxygen atoms in total. The first-order valence-corrected chi connectivity index (χ1v) is 6.46. The molecule has 1 atom stereocenters. The van der Waals surface area contributed by atoms with Crippen molar-refractivity contribution in [1.29, 1.82) is 0 Å². The molecule has 1 aliphatic rings. The number of aromatic nitrogens is 1. The molecule has 94 valence electrons. The predicted octanol–water partition coefficient (Wildman–Crippen LogP) is 1.59. The molecule has 7 heteroatoms. The summed E-state index contributed by atoms with van der Waals surface area (Å²) >= 11 is 1.81. The van der Waals surface area contributed by atoms with E-state index < -0.39 is 11.6 Å². The van der Waals surface area contributed by atoms with Crippen LogP contribution in [0.3, 0.4) is 0 Å². The van der Waals surface area contributed by atoms with Gasteiger partial charge in [-0.1, -0.05) is 0 Å². The Morgan fingerprint density at radius 1 is 1.53 bits per heavy atom. The number of hydrazine groups is 1. The van der Waals surface area contributed by atoms with Gasteiger partial charge in [0.2, 0.25) is 0 Å². The van der Waals surface area contributed by atoms with Gasteiger partial charge in [-0.25, -0.2) is 19.6 Å². The van der Waals surface area contributed by atoms with Gasteiger partial charge in [0, 0.05) is 30.2 Å². The van der Waals surface area contributed by atoms with Gasteiger partial charge in [0.15, 0.2) is 23.3 Å². The fourth-order valence-corrected chi connectivity index (χ4v) is 2.81. The van der Waals surface area contributed by atoms with Gasteiger partial charge >= 0.3 is 0 Å². The number of anilines is 2. The Bertz CT molecular complexity index is 416. The maximum atomic E-state index is 13.7. The maximum absolute atomic E-state index is 13.7. The highest BCUT2D eigenvalue weighted by Gasteiger charge is 2.24. The lowest BCUT2D eigenvalue weighted by Crippen LogP contribution is -2.41. The summed E-state index contributed by atoms with van der Waals surface area (Å²) in [5, 5.41) is 0. The van der Waals surface area contributed by atoms with Crippen LogP contribution in [0.4, 0.5) is 20.4 Å². The van der Waals surface area contributed by atoms with E-state index in [4.69, 9.17) is 5.84 Å². The van der Waals surface area contributed by atoms with Gasteiger partial charge in [-0.15, -0.1) is 0 Å². The molecule has 17 heavy (non-hydrogen) atoms. The fourth-order valence-electron chi connectivity index (χ4n) is 1.80. The van der Waals surface area contributed by atoms with Crippen LogP contribution in [0.15, 0.2) is 6.07 Å². The number of nitrogen functional groups attached to an aromatic ring is 1. The number of nitrogens with two attached hydrogens (primary N) is 1. The first-order chi connectivity index (χ1) is 8.13. The Labute approximate surface area is 103 Å². The van der Waals surface area contributed by atoms with Crippen LogP contribution < -0.4 is 16.2 Å². The molecule has 2 rings (SSSR count). The van der Waals surface area contributed by atoms with Crippen LogP contribution in [0.2, 0.25) is 0 Å². The Morgan fingerprint density at radius 3 is 2.94 bits per heavy atom. The molecular weight excluding hydrogens is 246 g/mol. The monoisotopic (exact) mass is 260 g/mol. The van der Waals surface area contributed by atoms with Crippen molar-refractivity contribution in [2.75, 3.05) is 28.4 Å². The summed E-state index contributed by atoms with van der Waals surface area (Å²) < 4.78 is 26.9. The number of hydrogen-bond acceptors (Lipinski definition) is 5. The Balaban J connectivity index is 2.36. The van der Waals surface area contributed by atoms with Crippen LogP contribution in [0.5, 0.6) is 0 Å². The van der Waals surface area contributed by atoms with E-state index in [9.17, 15) is 8.78 Å². The number of nitrogens with zero attached hydrogens (tertiary/aromatic N) is 2. The van der Waals surface area contributed by atoms with Gasteiger partial charge in [-0.2, -0.15) is 11.8 Å². The summed E-state index contributed by atoms with van der Waals surface area (Å²) in [6.07, 6.45) is 0. The standard InChI is InChI=1S/C10H14F2N4S/c1-6-5-17-3-2-16(6)10-8(12)4-7(11)9(14-10)15-13/h4,6H,2-3,5,13H2,1H3,(H,14,15). The predicted molar refractivity (Wildman–Crippen MR) is 66.1 cm³/mol. The van der Waals surface area contributed by atoms with Gasteiger partial charge in [0.25, 0.3) is 0 Å². The zero-order chi connectivity index (χ0) is 12.4. The van der Waals surface area contributed by atoms with Gasteiger partial charge < -0.3 is 10.3 Å². The van der Waals surface area contributed by atoms with E-state index in [0.717, 1.165) is 17.6 Å². The number of thioether (sulfide) groups is 1. The van der Waals surface area contributed by atoms with Gasteiger partial charge in [0.1, 0.15) is 0 Å². The average Bonchev–Trinajstić information content (AvgIpc) is 2.31. The Hall–Kier alpha value is -1.08. The minimum absolute atomic E-state index is 0.133. The molecule has 1 unspecified atom stereocenters. The summed E-state index contributed by atoms with van der Waals surface area (Å²) in [7, 11) is 0. The van der Waals surface area contributed by atoms with Crippen LogP contribution >= 0.6 is 11.8 Å². The van der Waals surface area contributed by atoms with Crippen molar-refractivity contribution < 1.29 is 8.78 Å². The second kappa shape index (κ2) is 5.05. The lowest BCUT2D eigenvalue weighted by atomic mass is 10.3. The van der Waals surface area contributed by atoms with Crippen molar-refractivity contribution in [3.8, 4) is 0 Å². The van der Waals surface area contributed by atoms with Gasteiger partial charge in [0.05, 0.1) is 0 Å². The normalized spacial score (nSPS) is 20.5. The molecule has 2 heterocycles. The smallest absolute Gasteiger partial charge is 0.178 e. The topological polar surface area (TPSA) is 54.2 Å². The molecular formula is C10H14F2N4S. The maximum Gasteiger partial charge on any atom is 0.178 e. The van der Waals surface area contributed by atoms with E-state index in [0.29, 0.717) is 6.54 Å². The van der Waals surface area contributed by atoms with Crippen LogP contribution in [-0.2, 0) is 0 Å². The zero-order valence-electron chi connectivity index (χ0n) is 9.41. The quantitative estimate of drug-likeness (QED) is 0.624. The van der Waals surface area contributed by atoms with Crippen LogP contribution in [0.1, 0.15) is 6.92 Å². The molecule has 1 saturated heterocycles. The van der Waals surface area contributed by atoms with Crippen molar-refractivity contribution in [2.45, 2.75) is 13.0 Å². The minimum Gasteiger partial charge on any atom is -0.350 e. The molecule has 0 aromatic carbocycles. The van der Waals surface area contributed by atoms with E-state index in [1.54, 1.807) is 0 Å². The molecule has 0 spiro atoms. The Kier molecular flexibility index (Phi) is 3.68. The first kappa shape index (κ1) is 12.4. The van der Waals surface area contributed by atoms with Crippen molar-refractivity contribution >= 4 is 23.4 Å². The minimum atomic E-state index is -0.784. The third-order valence-corrected chi connectivity index (χ3v) is 3.88. The van der Waals surface area contributed by atoms with E-state index in [-0.39, 0.29) is 17.7 Å². The highest BCUT2D eigenvalue weighted by molar-refractivity contribution is 7.99. The lowest BCUT2D eigenvalue weighted by Gasteiger charge is -2.34. The van der Waals surface area contributed by atoms with Gasteiger partial charge in [-0.05, 0) is 6.92 Å². The summed E-state index contributed by atoms with van der Waals surface area (Å²) in [4.78, 5) is 5.73. The second-order valence-corrected chi connectivity index (χ2v) is 5.04. The molecule has 1 aromatic heterocycles. The first-order valence-electron chi connectivity index (χ1n) is 5.30. The van der Waals surface area contributed by atoms with E-state index in [1.807, 2.05) is 23.6 Å².